The third-order valence-corrected chi connectivity index (χ3v) is 11.8. The number of carboxylic acids is 1. The maximum atomic E-state index is 13.0. The minimum absolute atomic E-state index is 0.189. The molecule has 0 saturated carbocycles. The third-order valence-electron chi connectivity index (χ3n) is 5.85. The highest BCUT2D eigenvalue weighted by Gasteiger charge is 2.63. The number of carboxylic acid groups (broad SMARTS) is 1. The highest BCUT2D eigenvalue weighted by molar-refractivity contribution is 7.73. The zero-order chi connectivity index (χ0) is 27.3. The summed E-state index contributed by atoms with van der Waals surface area (Å²) in [7, 11) is -2.62. The Morgan fingerprint density at radius 2 is 1.61 bits per heavy atom. The zero-order valence-electron chi connectivity index (χ0n) is 20.6. The summed E-state index contributed by atoms with van der Waals surface area (Å²) in [4.78, 5) is 23.8. The zero-order valence-corrected chi connectivity index (χ0v) is 23.2. The first-order valence-corrected chi connectivity index (χ1v) is 14.3. The number of carbonyl (C=O) groups is 1. The van der Waals surface area contributed by atoms with Crippen LogP contribution < -0.4 is 10.7 Å². The fourth-order valence-electron chi connectivity index (χ4n) is 3.83. The van der Waals surface area contributed by atoms with E-state index >= 15 is 0 Å². The van der Waals surface area contributed by atoms with Crippen LogP contribution in [0.3, 0.4) is 0 Å². The summed E-state index contributed by atoms with van der Waals surface area (Å²) in [6.07, 6.45) is 2.39. The number of aryl methyl sites for hydroxylation is 1. The molecule has 0 unspecified atom stereocenters. The number of halogens is 1. The number of benzene rings is 1. The molecule has 3 N–H and O–H groups in total. The molecule has 0 bridgehead atoms. The number of anilines is 1. The van der Waals surface area contributed by atoms with Gasteiger partial charge in [-0.2, -0.15) is 0 Å². The van der Waals surface area contributed by atoms with E-state index in [2.05, 4.69) is 5.32 Å². The van der Waals surface area contributed by atoms with Gasteiger partial charge in [-0.1, -0.05) is 18.0 Å². The molecule has 2 aromatic rings. The number of hydrogen-bond acceptors (Lipinski definition) is 10. The molecular weight excluding hydrogens is 538 g/mol. The Balaban J connectivity index is 2.10. The molecule has 1 aromatic heterocycles. The first kappa shape index (κ1) is 30.5. The molecule has 1 aromatic carbocycles. The molecule has 0 atom stereocenters. The van der Waals surface area contributed by atoms with Crippen LogP contribution >= 0.6 is 26.8 Å². The van der Waals surface area contributed by atoms with Crippen LogP contribution in [-0.2, 0) is 34.3 Å². The Labute approximate surface area is 213 Å². The Bertz CT molecular complexity index is 1220. The highest BCUT2D eigenvalue weighted by atomic mass is 35.5. The van der Waals surface area contributed by atoms with Crippen molar-refractivity contribution in [3.05, 3.63) is 39.1 Å². The molecule has 0 saturated heterocycles. The van der Waals surface area contributed by atoms with Crippen molar-refractivity contribution in [1.82, 2.24) is 4.57 Å². The number of aliphatic hydroxyl groups is 1. The van der Waals surface area contributed by atoms with Gasteiger partial charge in [0.1, 0.15) is 5.56 Å². The Morgan fingerprint density at radius 1 is 1.06 bits per heavy atom. The number of pyridine rings is 1. The van der Waals surface area contributed by atoms with Crippen LogP contribution in [0.25, 0.3) is 10.9 Å². The topological polar surface area (TPSA) is 163 Å². The van der Waals surface area contributed by atoms with Crippen LogP contribution in [0.4, 0.5) is 5.69 Å². The number of nitrogens with one attached hydrogen (secondary N) is 1. The van der Waals surface area contributed by atoms with E-state index in [4.69, 9.17) is 29.7 Å². The minimum Gasteiger partial charge on any atom is -0.477 e. The molecule has 36 heavy (non-hydrogen) atoms. The molecule has 0 spiro atoms. The van der Waals surface area contributed by atoms with Crippen LogP contribution in [0.2, 0.25) is 5.02 Å². The van der Waals surface area contributed by atoms with Crippen molar-refractivity contribution in [3.63, 3.8) is 0 Å². The van der Waals surface area contributed by atoms with Gasteiger partial charge in [-0.3, -0.25) is 13.9 Å². The maximum Gasteiger partial charge on any atom is 0.374 e. The van der Waals surface area contributed by atoms with E-state index in [1.54, 1.807) is 13.1 Å². The summed E-state index contributed by atoms with van der Waals surface area (Å²) < 4.78 is 47.1. The summed E-state index contributed by atoms with van der Waals surface area (Å²) in [5.74, 6) is -1.32. The molecule has 202 valence electrons. The second-order valence-corrected chi connectivity index (χ2v) is 13.6. The van der Waals surface area contributed by atoms with Crippen LogP contribution in [0.1, 0.15) is 36.0 Å². The van der Waals surface area contributed by atoms with Crippen LogP contribution in [0, 0.1) is 0 Å². The van der Waals surface area contributed by atoms with Crippen molar-refractivity contribution in [3.8, 4) is 0 Å². The smallest absolute Gasteiger partial charge is 0.374 e. The summed E-state index contributed by atoms with van der Waals surface area (Å²) in [5.41, 5.74) is 0.0853. The third kappa shape index (κ3) is 5.71. The average molecular weight is 569 g/mol. The summed E-state index contributed by atoms with van der Waals surface area (Å²) in [5, 5.41) is 21.4. The lowest BCUT2D eigenvalue weighted by Crippen LogP contribution is -2.31. The van der Waals surface area contributed by atoms with E-state index in [9.17, 15) is 28.9 Å². The number of aromatic nitrogens is 1. The number of unbranched alkanes of at least 4 members (excludes halogenated alkanes) is 2. The molecule has 0 aliphatic carbocycles. The van der Waals surface area contributed by atoms with Crippen molar-refractivity contribution in [2.24, 2.45) is 7.05 Å². The number of rotatable bonds is 14. The summed E-state index contributed by atoms with van der Waals surface area (Å²) >= 11 is 6.31. The van der Waals surface area contributed by atoms with Gasteiger partial charge in [0.15, 0.2) is 0 Å². The summed E-state index contributed by atoms with van der Waals surface area (Å²) in [6.45, 7) is 0.448. The van der Waals surface area contributed by atoms with Gasteiger partial charge in [0.25, 0.3) is 5.08 Å². The molecular formula is C21H31ClN2O10P2. The van der Waals surface area contributed by atoms with Gasteiger partial charge in [0.2, 0.25) is 5.43 Å². The number of aromatic carboxylic acids is 1. The van der Waals surface area contributed by atoms with Crippen LogP contribution in [0.5, 0.6) is 0 Å². The second kappa shape index (κ2) is 12.2. The normalized spacial score (nSPS) is 12.8. The molecule has 0 fully saturated rings. The van der Waals surface area contributed by atoms with E-state index in [0.29, 0.717) is 30.6 Å². The second-order valence-electron chi connectivity index (χ2n) is 7.87. The van der Waals surface area contributed by atoms with Gasteiger partial charge in [0.05, 0.1) is 16.2 Å². The quantitative estimate of drug-likeness (QED) is 0.217. The van der Waals surface area contributed by atoms with Gasteiger partial charge in [-0.15, -0.1) is 0 Å². The van der Waals surface area contributed by atoms with Gasteiger partial charge in [-0.25, -0.2) is 4.79 Å². The van der Waals surface area contributed by atoms with Crippen LogP contribution in [-0.4, -0.2) is 60.8 Å². The van der Waals surface area contributed by atoms with Gasteiger partial charge in [0, 0.05) is 53.6 Å². The van der Waals surface area contributed by atoms with Crippen LogP contribution in [0.15, 0.2) is 23.1 Å². The first-order chi connectivity index (χ1) is 16.8. The Morgan fingerprint density at radius 3 is 2.11 bits per heavy atom. The Hall–Kier alpha value is -1.75. The molecule has 0 aliphatic heterocycles. The van der Waals surface area contributed by atoms with E-state index in [1.165, 1.54) is 16.8 Å². The standard InChI is InChI=1S/C21H31ClN2O10P2/c1-24-13-15(20(26)27)19(25)14-11-16(22)17(12-18(14)24)23-10-8-6-7-9-21(28,35(29,31-2)32-3)36(30,33-4)34-5/h11-13,23,28H,6-10H2,1-5H3,(H,26,27). The lowest BCUT2D eigenvalue weighted by Gasteiger charge is -2.36. The van der Waals surface area contributed by atoms with Crippen molar-refractivity contribution in [2.75, 3.05) is 40.3 Å². The molecule has 2 rings (SSSR count). The van der Waals surface area contributed by atoms with Crippen molar-refractivity contribution in [1.29, 1.82) is 0 Å². The van der Waals surface area contributed by atoms with E-state index in [-0.39, 0.29) is 28.8 Å². The molecule has 12 nitrogen and oxygen atoms in total. The summed E-state index contributed by atoms with van der Waals surface area (Å²) in [6, 6.07) is 3.08. The van der Waals surface area contributed by atoms with Gasteiger partial charge < -0.3 is 38.2 Å². The molecule has 0 amide bonds. The van der Waals surface area contributed by atoms with E-state index in [1.807, 2.05) is 0 Å². The highest BCUT2D eigenvalue weighted by Crippen LogP contribution is 2.77. The lowest BCUT2D eigenvalue weighted by atomic mass is 10.1. The lowest BCUT2D eigenvalue weighted by molar-refractivity contribution is 0.0694. The van der Waals surface area contributed by atoms with E-state index in [0.717, 1.165) is 28.4 Å². The number of nitrogens with zero attached hydrogens (tertiary/aromatic N) is 1. The monoisotopic (exact) mass is 568 g/mol. The first-order valence-electron chi connectivity index (χ1n) is 10.8. The minimum atomic E-state index is -4.27. The Kier molecular flexibility index (Phi) is 10.3. The molecule has 1 heterocycles. The predicted octanol–water partition coefficient (Wildman–Crippen LogP) is 4.48. The van der Waals surface area contributed by atoms with Crippen molar-refractivity contribution in [2.45, 2.75) is 30.8 Å². The largest absolute Gasteiger partial charge is 0.477 e. The fourth-order valence-corrected chi connectivity index (χ4v) is 8.58. The van der Waals surface area contributed by atoms with Gasteiger partial charge in [-0.05, 0) is 31.4 Å². The molecule has 0 radical (unpaired) electrons. The fraction of sp³-hybridized carbons (Fsp3) is 0.524. The SMILES string of the molecule is COP(=O)(OC)C(O)(CCCCCNc1cc2c(cc1Cl)c(=O)c(C(=O)O)cn2C)P(=O)(OC)OC. The number of hydrogen-bond donors (Lipinski definition) is 3. The maximum absolute atomic E-state index is 13.0. The molecule has 15 heteroatoms. The van der Waals surface area contributed by atoms with Crippen molar-refractivity contribution < 1.29 is 42.2 Å². The predicted molar refractivity (Wildman–Crippen MR) is 136 cm³/mol. The van der Waals surface area contributed by atoms with Gasteiger partial charge >= 0.3 is 21.2 Å². The molecule has 0 aliphatic rings. The average Bonchev–Trinajstić information content (AvgIpc) is 2.86. The number of fused-ring (bicyclic) bond motifs is 1. The van der Waals surface area contributed by atoms with Crippen molar-refractivity contribution >= 4 is 49.4 Å². The van der Waals surface area contributed by atoms with E-state index < -0.39 is 31.7 Å².